The summed E-state index contributed by atoms with van der Waals surface area (Å²) in [6.45, 7) is 2.94. The van der Waals surface area contributed by atoms with Crippen molar-refractivity contribution in [3.63, 3.8) is 0 Å². The Morgan fingerprint density at radius 3 is 2.41 bits per heavy atom. The van der Waals surface area contributed by atoms with Crippen LogP contribution in [0.3, 0.4) is 0 Å². The Labute approximate surface area is 131 Å². The number of hydrogen-bond acceptors (Lipinski definition) is 2. The molecule has 0 aliphatic carbocycles. The number of ether oxygens (including phenoxy) is 1. The standard InChI is InChI=1S/C20H21NO/c1-2-17(22-18-11-4-3-5-12-18)15-21-20-14-8-10-16-9-6-7-13-19(16)20/h3-14,17,21H,2,15H2,1H3. The summed E-state index contributed by atoms with van der Waals surface area (Å²) >= 11 is 0. The normalized spacial score (nSPS) is 12.0. The Morgan fingerprint density at radius 1 is 0.864 bits per heavy atom. The summed E-state index contributed by atoms with van der Waals surface area (Å²) < 4.78 is 6.03. The average molecular weight is 291 g/mol. The number of benzene rings is 3. The molecule has 1 N–H and O–H groups in total. The second kappa shape index (κ2) is 6.99. The van der Waals surface area contributed by atoms with E-state index in [0.29, 0.717) is 0 Å². The van der Waals surface area contributed by atoms with Crippen molar-refractivity contribution in [1.29, 1.82) is 0 Å². The first kappa shape index (κ1) is 14.5. The van der Waals surface area contributed by atoms with E-state index in [1.54, 1.807) is 0 Å². The molecule has 3 aromatic carbocycles. The number of rotatable bonds is 6. The van der Waals surface area contributed by atoms with Crippen LogP contribution in [-0.2, 0) is 0 Å². The van der Waals surface area contributed by atoms with Gasteiger partial charge in [-0.25, -0.2) is 0 Å². The number of hydrogen-bond donors (Lipinski definition) is 1. The zero-order valence-electron chi connectivity index (χ0n) is 12.8. The fourth-order valence-electron chi connectivity index (χ4n) is 2.56. The summed E-state index contributed by atoms with van der Waals surface area (Å²) in [6, 6.07) is 24.8. The summed E-state index contributed by atoms with van der Waals surface area (Å²) in [6.07, 6.45) is 1.12. The van der Waals surface area contributed by atoms with E-state index in [1.165, 1.54) is 10.8 Å². The van der Waals surface area contributed by atoms with E-state index >= 15 is 0 Å². The fraction of sp³-hybridized carbons (Fsp3) is 0.200. The zero-order chi connectivity index (χ0) is 15.2. The molecule has 0 aromatic heterocycles. The molecular weight excluding hydrogens is 270 g/mol. The highest BCUT2D eigenvalue weighted by atomic mass is 16.5. The molecule has 112 valence electrons. The van der Waals surface area contributed by atoms with Crippen LogP contribution in [0.15, 0.2) is 72.8 Å². The van der Waals surface area contributed by atoms with Gasteiger partial charge in [0.15, 0.2) is 0 Å². The SMILES string of the molecule is CCC(CNc1cccc2ccccc12)Oc1ccccc1. The third-order valence-corrected chi connectivity index (χ3v) is 3.81. The van der Waals surface area contributed by atoms with Gasteiger partial charge in [0.2, 0.25) is 0 Å². The van der Waals surface area contributed by atoms with Crippen LogP contribution in [0, 0.1) is 0 Å². The third-order valence-electron chi connectivity index (χ3n) is 3.81. The van der Waals surface area contributed by atoms with Crippen molar-refractivity contribution in [1.82, 2.24) is 0 Å². The minimum Gasteiger partial charge on any atom is -0.489 e. The molecule has 0 amide bonds. The molecular formula is C20H21NO. The van der Waals surface area contributed by atoms with Crippen LogP contribution in [-0.4, -0.2) is 12.6 Å². The molecule has 0 heterocycles. The highest BCUT2D eigenvalue weighted by Crippen LogP contribution is 2.23. The zero-order valence-corrected chi connectivity index (χ0v) is 12.8. The van der Waals surface area contributed by atoms with Crippen molar-refractivity contribution < 1.29 is 4.74 Å². The minimum atomic E-state index is 0.154. The number of fused-ring (bicyclic) bond motifs is 1. The predicted molar refractivity (Wildman–Crippen MR) is 93.6 cm³/mol. The summed E-state index contributed by atoms with van der Waals surface area (Å²) in [4.78, 5) is 0. The lowest BCUT2D eigenvalue weighted by Gasteiger charge is -2.19. The van der Waals surface area contributed by atoms with Gasteiger partial charge in [0, 0.05) is 11.1 Å². The second-order valence-corrected chi connectivity index (χ2v) is 5.37. The van der Waals surface area contributed by atoms with Crippen LogP contribution in [0.2, 0.25) is 0 Å². The Bertz CT molecular complexity index is 719. The molecule has 0 radical (unpaired) electrons. The number of anilines is 1. The van der Waals surface area contributed by atoms with Gasteiger partial charge < -0.3 is 10.1 Å². The minimum absolute atomic E-state index is 0.154. The lowest BCUT2D eigenvalue weighted by Crippen LogP contribution is -2.25. The van der Waals surface area contributed by atoms with Crippen molar-refractivity contribution in [3.05, 3.63) is 72.8 Å². The summed E-state index contributed by atoms with van der Waals surface area (Å²) in [5, 5.41) is 6.04. The van der Waals surface area contributed by atoms with E-state index in [1.807, 2.05) is 30.3 Å². The van der Waals surface area contributed by atoms with Crippen LogP contribution >= 0.6 is 0 Å². The largest absolute Gasteiger partial charge is 0.489 e. The molecule has 0 bridgehead atoms. The van der Waals surface area contributed by atoms with E-state index in [9.17, 15) is 0 Å². The van der Waals surface area contributed by atoms with E-state index < -0.39 is 0 Å². The number of nitrogens with one attached hydrogen (secondary N) is 1. The van der Waals surface area contributed by atoms with Crippen molar-refractivity contribution >= 4 is 16.5 Å². The topological polar surface area (TPSA) is 21.3 Å². The van der Waals surface area contributed by atoms with E-state index in [0.717, 1.165) is 24.4 Å². The lowest BCUT2D eigenvalue weighted by atomic mass is 10.1. The Hall–Kier alpha value is -2.48. The van der Waals surface area contributed by atoms with Gasteiger partial charge in [-0.15, -0.1) is 0 Å². The molecule has 2 heteroatoms. The maximum atomic E-state index is 6.03. The van der Waals surface area contributed by atoms with Gasteiger partial charge in [0.05, 0.1) is 6.54 Å². The molecule has 1 unspecified atom stereocenters. The first-order chi connectivity index (χ1) is 10.9. The quantitative estimate of drug-likeness (QED) is 0.681. The Morgan fingerprint density at radius 2 is 1.59 bits per heavy atom. The second-order valence-electron chi connectivity index (χ2n) is 5.37. The van der Waals surface area contributed by atoms with Crippen LogP contribution in [0.4, 0.5) is 5.69 Å². The van der Waals surface area contributed by atoms with Crippen molar-refractivity contribution in [2.24, 2.45) is 0 Å². The van der Waals surface area contributed by atoms with E-state index in [4.69, 9.17) is 4.74 Å². The predicted octanol–water partition coefficient (Wildman–Crippen LogP) is 5.11. The van der Waals surface area contributed by atoms with Crippen LogP contribution in [0.5, 0.6) is 5.75 Å². The van der Waals surface area contributed by atoms with Gasteiger partial charge in [0.25, 0.3) is 0 Å². The molecule has 1 atom stereocenters. The lowest BCUT2D eigenvalue weighted by molar-refractivity contribution is 0.210. The molecule has 0 aliphatic heterocycles. The van der Waals surface area contributed by atoms with Gasteiger partial charge in [-0.05, 0) is 30.0 Å². The highest BCUT2D eigenvalue weighted by molar-refractivity contribution is 5.93. The van der Waals surface area contributed by atoms with Gasteiger partial charge in [-0.2, -0.15) is 0 Å². The molecule has 0 saturated heterocycles. The van der Waals surface area contributed by atoms with E-state index in [2.05, 4.69) is 54.7 Å². The third kappa shape index (κ3) is 3.40. The molecule has 22 heavy (non-hydrogen) atoms. The smallest absolute Gasteiger partial charge is 0.119 e. The van der Waals surface area contributed by atoms with E-state index in [-0.39, 0.29) is 6.10 Å². The molecule has 3 rings (SSSR count). The maximum Gasteiger partial charge on any atom is 0.119 e. The summed E-state index contributed by atoms with van der Waals surface area (Å²) in [5.41, 5.74) is 1.16. The molecule has 0 saturated carbocycles. The Balaban J connectivity index is 1.69. The Kier molecular flexibility index (Phi) is 4.59. The fourth-order valence-corrected chi connectivity index (χ4v) is 2.56. The van der Waals surface area contributed by atoms with Gasteiger partial charge in [-0.3, -0.25) is 0 Å². The summed E-state index contributed by atoms with van der Waals surface area (Å²) in [7, 11) is 0. The molecule has 3 aromatic rings. The number of para-hydroxylation sites is 1. The van der Waals surface area contributed by atoms with Crippen molar-refractivity contribution in [2.45, 2.75) is 19.4 Å². The first-order valence-corrected chi connectivity index (χ1v) is 7.80. The first-order valence-electron chi connectivity index (χ1n) is 7.80. The van der Waals surface area contributed by atoms with Gasteiger partial charge in [-0.1, -0.05) is 61.5 Å². The molecule has 0 fully saturated rings. The molecule has 0 aliphatic rings. The van der Waals surface area contributed by atoms with Crippen LogP contribution < -0.4 is 10.1 Å². The van der Waals surface area contributed by atoms with Gasteiger partial charge >= 0.3 is 0 Å². The average Bonchev–Trinajstić information content (AvgIpc) is 2.59. The van der Waals surface area contributed by atoms with Crippen LogP contribution in [0.25, 0.3) is 10.8 Å². The highest BCUT2D eigenvalue weighted by Gasteiger charge is 2.08. The monoisotopic (exact) mass is 291 g/mol. The van der Waals surface area contributed by atoms with Crippen LogP contribution in [0.1, 0.15) is 13.3 Å². The van der Waals surface area contributed by atoms with Crippen molar-refractivity contribution in [3.8, 4) is 5.75 Å². The van der Waals surface area contributed by atoms with Gasteiger partial charge in [0.1, 0.15) is 11.9 Å². The molecule has 2 nitrogen and oxygen atoms in total. The molecule has 0 spiro atoms. The van der Waals surface area contributed by atoms with Crippen molar-refractivity contribution in [2.75, 3.05) is 11.9 Å². The maximum absolute atomic E-state index is 6.03. The summed E-state index contributed by atoms with van der Waals surface area (Å²) in [5.74, 6) is 0.925.